The van der Waals surface area contributed by atoms with Crippen LogP contribution in [0.5, 0.6) is 0 Å². The largest absolute Gasteiger partial charge is 0.477 e. The summed E-state index contributed by atoms with van der Waals surface area (Å²) in [5.74, 6) is -0.827. The van der Waals surface area contributed by atoms with Crippen LogP contribution in [0.4, 0.5) is 0 Å². The van der Waals surface area contributed by atoms with Crippen LogP contribution in [0.3, 0.4) is 0 Å². The smallest absolute Gasteiger partial charge is 0.347 e. The summed E-state index contributed by atoms with van der Waals surface area (Å²) in [6, 6.07) is 3.98. The number of carboxylic acid groups (broad SMARTS) is 1. The van der Waals surface area contributed by atoms with E-state index in [1.54, 1.807) is 17.5 Å². The zero-order valence-electron chi connectivity index (χ0n) is 11.0. The predicted molar refractivity (Wildman–Crippen MR) is 81.8 cm³/mol. The fourth-order valence-electron chi connectivity index (χ4n) is 1.96. The second-order valence-electron chi connectivity index (χ2n) is 4.72. The molecule has 0 unspecified atom stereocenters. The minimum absolute atomic E-state index is 0.0875. The van der Waals surface area contributed by atoms with Crippen molar-refractivity contribution in [2.45, 2.75) is 19.8 Å². The van der Waals surface area contributed by atoms with E-state index >= 15 is 0 Å². The van der Waals surface area contributed by atoms with Crippen LogP contribution in [0.2, 0.25) is 0 Å². The molecule has 3 rings (SSSR count). The molecule has 3 heterocycles. The van der Waals surface area contributed by atoms with Gasteiger partial charge in [0.25, 0.3) is 0 Å². The lowest BCUT2D eigenvalue weighted by Crippen LogP contribution is -2.00. The van der Waals surface area contributed by atoms with E-state index in [9.17, 15) is 9.90 Å². The Balaban J connectivity index is 2.13. The van der Waals surface area contributed by atoms with Gasteiger partial charge in [-0.25, -0.2) is 9.78 Å². The van der Waals surface area contributed by atoms with Gasteiger partial charge >= 0.3 is 5.97 Å². The quantitative estimate of drug-likeness (QED) is 0.786. The van der Waals surface area contributed by atoms with Gasteiger partial charge < -0.3 is 5.11 Å². The lowest BCUT2D eigenvalue weighted by molar-refractivity contribution is 0.0700. The summed E-state index contributed by atoms with van der Waals surface area (Å²) in [4.78, 5) is 20.5. The van der Waals surface area contributed by atoms with Crippen molar-refractivity contribution in [2.75, 3.05) is 0 Å². The van der Waals surface area contributed by atoms with Crippen molar-refractivity contribution in [3.8, 4) is 10.6 Å². The van der Waals surface area contributed by atoms with Crippen molar-refractivity contribution in [1.29, 1.82) is 0 Å². The van der Waals surface area contributed by atoms with Gasteiger partial charge in [-0.3, -0.25) is 4.98 Å². The Bertz CT molecular complexity index is 789. The molecular weight excluding hydrogens is 292 g/mol. The van der Waals surface area contributed by atoms with E-state index < -0.39 is 5.97 Å². The number of fused-ring (bicyclic) bond motifs is 1. The molecule has 0 aromatic carbocycles. The van der Waals surface area contributed by atoms with E-state index in [2.05, 4.69) is 9.97 Å². The Labute approximate surface area is 123 Å². The monoisotopic (exact) mass is 304 g/mol. The average molecular weight is 304 g/mol. The van der Waals surface area contributed by atoms with Crippen molar-refractivity contribution in [3.05, 3.63) is 34.3 Å². The predicted octanol–water partition coefficient (Wildman–Crippen LogP) is 4.24. The number of hydrogen-bond acceptors (Lipinski definition) is 5. The van der Waals surface area contributed by atoms with Crippen LogP contribution in [0.1, 0.15) is 35.1 Å². The van der Waals surface area contributed by atoms with Crippen LogP contribution in [-0.4, -0.2) is 21.0 Å². The molecule has 0 atom stereocenters. The minimum Gasteiger partial charge on any atom is -0.477 e. The first kappa shape index (κ1) is 13.2. The van der Waals surface area contributed by atoms with Gasteiger partial charge in [0, 0.05) is 11.8 Å². The third-order valence-corrected chi connectivity index (χ3v) is 4.91. The lowest BCUT2D eigenvalue weighted by atomic mass is 10.1. The summed E-state index contributed by atoms with van der Waals surface area (Å²) < 4.78 is 1.08. The number of pyridine rings is 1. The van der Waals surface area contributed by atoms with Gasteiger partial charge in [-0.15, -0.1) is 22.7 Å². The number of carbonyl (C=O) groups is 1. The maximum atomic E-state index is 11.3. The highest BCUT2D eigenvalue weighted by molar-refractivity contribution is 7.17. The SMILES string of the molecule is CC(C)c1nc(-c2cnc3ccsc3c2)sc1C(=O)O. The number of thiophene rings is 1. The molecule has 20 heavy (non-hydrogen) atoms. The number of aromatic carboxylic acids is 1. The molecule has 0 aliphatic rings. The molecule has 102 valence electrons. The number of rotatable bonds is 3. The first-order chi connectivity index (χ1) is 9.56. The summed E-state index contributed by atoms with van der Waals surface area (Å²) in [5, 5.41) is 12.0. The van der Waals surface area contributed by atoms with Gasteiger partial charge in [0.05, 0.1) is 15.9 Å². The summed E-state index contributed by atoms with van der Waals surface area (Å²) in [5.41, 5.74) is 2.47. The van der Waals surface area contributed by atoms with Crippen LogP contribution < -0.4 is 0 Å². The Kier molecular flexibility index (Phi) is 3.27. The highest BCUT2D eigenvalue weighted by atomic mass is 32.1. The zero-order valence-corrected chi connectivity index (χ0v) is 12.6. The van der Waals surface area contributed by atoms with Crippen molar-refractivity contribution < 1.29 is 9.90 Å². The molecule has 0 fully saturated rings. The molecule has 4 nitrogen and oxygen atoms in total. The van der Waals surface area contributed by atoms with Crippen molar-refractivity contribution >= 4 is 38.9 Å². The molecule has 3 aromatic heterocycles. The van der Waals surface area contributed by atoms with E-state index in [1.807, 2.05) is 31.4 Å². The third kappa shape index (κ3) is 2.21. The molecule has 0 aliphatic heterocycles. The fourth-order valence-corrected chi connectivity index (χ4v) is 3.78. The lowest BCUT2D eigenvalue weighted by Gasteiger charge is -2.00. The third-order valence-electron chi connectivity index (χ3n) is 2.94. The standard InChI is InChI=1S/C14H12N2O2S2/c1-7(2)11-12(14(17)18)20-13(16-11)8-5-10-9(15-6-8)3-4-19-10/h3-7H,1-2H3,(H,17,18). The molecule has 0 bridgehead atoms. The van der Waals surface area contributed by atoms with Gasteiger partial charge in [-0.05, 0) is 23.4 Å². The molecule has 6 heteroatoms. The fraction of sp³-hybridized carbons (Fsp3) is 0.214. The molecule has 0 saturated heterocycles. The van der Waals surface area contributed by atoms with Crippen LogP contribution in [0.15, 0.2) is 23.7 Å². The van der Waals surface area contributed by atoms with Crippen molar-refractivity contribution in [1.82, 2.24) is 9.97 Å². The van der Waals surface area contributed by atoms with Crippen LogP contribution in [0.25, 0.3) is 20.8 Å². The van der Waals surface area contributed by atoms with Gasteiger partial charge in [-0.1, -0.05) is 13.8 Å². The summed E-state index contributed by atoms with van der Waals surface area (Å²) in [7, 11) is 0. The van der Waals surface area contributed by atoms with Gasteiger partial charge in [-0.2, -0.15) is 0 Å². The minimum atomic E-state index is -0.914. The molecule has 0 aliphatic carbocycles. The summed E-state index contributed by atoms with van der Waals surface area (Å²) in [6.45, 7) is 3.90. The maximum absolute atomic E-state index is 11.3. The second-order valence-corrected chi connectivity index (χ2v) is 6.67. The topological polar surface area (TPSA) is 63.1 Å². The van der Waals surface area contributed by atoms with Crippen molar-refractivity contribution in [3.63, 3.8) is 0 Å². The van der Waals surface area contributed by atoms with Gasteiger partial charge in [0.2, 0.25) is 0 Å². The Morgan fingerprint density at radius 2 is 2.20 bits per heavy atom. The van der Waals surface area contributed by atoms with E-state index in [1.165, 1.54) is 11.3 Å². The first-order valence-corrected chi connectivity index (χ1v) is 7.83. The normalized spacial score (nSPS) is 11.3. The van der Waals surface area contributed by atoms with Crippen LogP contribution in [0, 0.1) is 0 Å². The maximum Gasteiger partial charge on any atom is 0.347 e. The molecule has 0 saturated carbocycles. The average Bonchev–Trinajstić information content (AvgIpc) is 3.04. The number of carboxylic acids is 1. The Morgan fingerprint density at radius 3 is 2.85 bits per heavy atom. The molecule has 0 spiro atoms. The van der Waals surface area contributed by atoms with Crippen LogP contribution >= 0.6 is 22.7 Å². The molecule has 3 aromatic rings. The van der Waals surface area contributed by atoms with E-state index in [4.69, 9.17) is 0 Å². The summed E-state index contributed by atoms with van der Waals surface area (Å²) >= 11 is 2.83. The number of hydrogen-bond donors (Lipinski definition) is 1. The van der Waals surface area contributed by atoms with Gasteiger partial charge in [0.1, 0.15) is 9.88 Å². The second kappa shape index (κ2) is 4.96. The van der Waals surface area contributed by atoms with Crippen molar-refractivity contribution in [2.24, 2.45) is 0 Å². The highest BCUT2D eigenvalue weighted by Gasteiger charge is 2.20. The molecule has 0 amide bonds. The van der Waals surface area contributed by atoms with E-state index in [0.29, 0.717) is 15.6 Å². The molecular formula is C14H12N2O2S2. The molecule has 1 N–H and O–H groups in total. The molecule has 0 radical (unpaired) electrons. The zero-order chi connectivity index (χ0) is 14.3. The van der Waals surface area contributed by atoms with E-state index in [-0.39, 0.29) is 5.92 Å². The van der Waals surface area contributed by atoms with E-state index in [0.717, 1.165) is 15.8 Å². The number of thiazole rings is 1. The van der Waals surface area contributed by atoms with Gasteiger partial charge in [0.15, 0.2) is 0 Å². The number of nitrogens with zero attached hydrogens (tertiary/aromatic N) is 2. The first-order valence-electron chi connectivity index (χ1n) is 6.14. The Hall–Kier alpha value is -1.79. The summed E-state index contributed by atoms with van der Waals surface area (Å²) in [6.07, 6.45) is 1.75. The highest BCUT2D eigenvalue weighted by Crippen LogP contribution is 2.33. The number of aromatic nitrogens is 2. The van der Waals surface area contributed by atoms with Crippen LogP contribution in [-0.2, 0) is 0 Å². The Morgan fingerprint density at radius 1 is 1.40 bits per heavy atom.